The molecule has 2 heterocycles. The first-order valence-electron chi connectivity index (χ1n) is 6.46. The van der Waals surface area contributed by atoms with Crippen LogP contribution in [0.5, 0.6) is 5.75 Å². The van der Waals surface area contributed by atoms with E-state index in [4.69, 9.17) is 9.84 Å². The molecule has 8 nitrogen and oxygen atoms in total. The predicted octanol–water partition coefficient (Wildman–Crippen LogP) is 2.47. The molecule has 0 saturated heterocycles. The van der Waals surface area contributed by atoms with Gasteiger partial charge in [-0.05, 0) is 17.7 Å². The highest BCUT2D eigenvalue weighted by atomic mass is 16.5. The Balaban J connectivity index is 1.88. The Hall–Kier alpha value is -3.29. The molecule has 1 aromatic carbocycles. The highest BCUT2D eigenvalue weighted by Gasteiger charge is 2.10. The minimum absolute atomic E-state index is 0.205. The third-order valence-corrected chi connectivity index (χ3v) is 2.97. The zero-order chi connectivity index (χ0) is 15.4. The van der Waals surface area contributed by atoms with Crippen LogP contribution in [0.25, 0.3) is 11.1 Å². The number of hydrogen-bond acceptors (Lipinski definition) is 4. The van der Waals surface area contributed by atoms with Crippen molar-refractivity contribution in [3.63, 3.8) is 0 Å². The van der Waals surface area contributed by atoms with Crippen molar-refractivity contribution in [2.75, 3.05) is 5.32 Å². The molecular formula is C14H13N5O3. The molecule has 22 heavy (non-hydrogen) atoms. The van der Waals surface area contributed by atoms with E-state index in [9.17, 15) is 4.79 Å². The standard InChI is InChI=1S/C14H13N5O3/c20-14(21)19-11-2-1-9(10-6-17-18-7-10)5-12(11)22-8-13-15-3-4-16-13/h1-7,19H,8H2,(H,15,16)(H,17,18)(H,20,21). The van der Waals surface area contributed by atoms with E-state index in [0.29, 0.717) is 17.3 Å². The van der Waals surface area contributed by atoms with Gasteiger partial charge < -0.3 is 14.8 Å². The number of rotatable bonds is 5. The second-order valence-corrected chi connectivity index (χ2v) is 4.45. The lowest BCUT2D eigenvalue weighted by Crippen LogP contribution is -2.09. The smallest absolute Gasteiger partial charge is 0.409 e. The Labute approximate surface area is 125 Å². The molecule has 112 valence electrons. The molecule has 0 fully saturated rings. The fraction of sp³-hybridized carbons (Fsp3) is 0.0714. The van der Waals surface area contributed by atoms with E-state index in [1.807, 2.05) is 0 Å². The number of H-pyrrole nitrogens is 2. The van der Waals surface area contributed by atoms with Crippen LogP contribution in [0.3, 0.4) is 0 Å². The number of ether oxygens (including phenoxy) is 1. The maximum absolute atomic E-state index is 10.9. The number of hydrogen-bond donors (Lipinski definition) is 4. The fourth-order valence-electron chi connectivity index (χ4n) is 1.97. The highest BCUT2D eigenvalue weighted by molar-refractivity contribution is 5.86. The summed E-state index contributed by atoms with van der Waals surface area (Å²) < 4.78 is 5.67. The number of amides is 1. The van der Waals surface area contributed by atoms with Gasteiger partial charge in [0.2, 0.25) is 0 Å². The third-order valence-electron chi connectivity index (χ3n) is 2.97. The molecule has 0 aliphatic carbocycles. The number of nitrogens with one attached hydrogen (secondary N) is 3. The molecule has 1 amide bonds. The van der Waals surface area contributed by atoms with Gasteiger partial charge in [-0.1, -0.05) is 6.07 Å². The topological polar surface area (TPSA) is 116 Å². The van der Waals surface area contributed by atoms with Crippen molar-refractivity contribution >= 4 is 11.8 Å². The molecule has 4 N–H and O–H groups in total. The van der Waals surface area contributed by atoms with Crippen molar-refractivity contribution in [3.8, 4) is 16.9 Å². The summed E-state index contributed by atoms with van der Waals surface area (Å²) in [5.41, 5.74) is 2.11. The van der Waals surface area contributed by atoms with Gasteiger partial charge in [-0.2, -0.15) is 5.10 Å². The molecule has 0 unspecified atom stereocenters. The first kappa shape index (κ1) is 13.7. The lowest BCUT2D eigenvalue weighted by molar-refractivity contribution is 0.209. The number of anilines is 1. The summed E-state index contributed by atoms with van der Waals surface area (Å²) in [4.78, 5) is 17.9. The summed E-state index contributed by atoms with van der Waals surface area (Å²) in [5, 5.41) is 17.8. The third kappa shape index (κ3) is 3.06. The molecule has 0 saturated carbocycles. The summed E-state index contributed by atoms with van der Waals surface area (Å²) in [7, 11) is 0. The Kier molecular flexibility index (Phi) is 3.73. The van der Waals surface area contributed by atoms with Gasteiger partial charge in [0.1, 0.15) is 18.2 Å². The molecule has 0 aliphatic rings. The molecular weight excluding hydrogens is 286 g/mol. The zero-order valence-corrected chi connectivity index (χ0v) is 11.4. The van der Waals surface area contributed by atoms with Crippen LogP contribution in [-0.2, 0) is 6.61 Å². The number of carboxylic acid groups (broad SMARTS) is 1. The van der Waals surface area contributed by atoms with Crippen LogP contribution < -0.4 is 10.1 Å². The van der Waals surface area contributed by atoms with Crippen LogP contribution in [0.1, 0.15) is 5.82 Å². The monoisotopic (exact) mass is 299 g/mol. The summed E-state index contributed by atoms with van der Waals surface area (Å²) in [6.07, 6.45) is 5.58. The molecule has 0 radical (unpaired) electrons. The van der Waals surface area contributed by atoms with E-state index in [2.05, 4.69) is 25.5 Å². The average Bonchev–Trinajstić information content (AvgIpc) is 3.19. The number of aromatic amines is 2. The van der Waals surface area contributed by atoms with Crippen LogP contribution in [0.4, 0.5) is 10.5 Å². The second kappa shape index (κ2) is 6.00. The van der Waals surface area contributed by atoms with Gasteiger partial charge in [0.05, 0.1) is 11.9 Å². The van der Waals surface area contributed by atoms with Crippen LogP contribution in [-0.4, -0.2) is 31.4 Å². The van der Waals surface area contributed by atoms with E-state index in [1.165, 1.54) is 0 Å². The van der Waals surface area contributed by atoms with Gasteiger partial charge in [0.25, 0.3) is 0 Å². The largest absolute Gasteiger partial charge is 0.483 e. The lowest BCUT2D eigenvalue weighted by Gasteiger charge is -2.12. The Morgan fingerprint density at radius 2 is 2.27 bits per heavy atom. The van der Waals surface area contributed by atoms with Crippen molar-refractivity contribution in [2.24, 2.45) is 0 Å². The van der Waals surface area contributed by atoms with Crippen molar-refractivity contribution in [3.05, 3.63) is 48.8 Å². The van der Waals surface area contributed by atoms with Crippen molar-refractivity contribution in [1.29, 1.82) is 0 Å². The lowest BCUT2D eigenvalue weighted by atomic mass is 10.1. The van der Waals surface area contributed by atoms with E-state index in [0.717, 1.165) is 11.1 Å². The van der Waals surface area contributed by atoms with Crippen LogP contribution in [0, 0.1) is 0 Å². The molecule has 0 aliphatic heterocycles. The molecule has 3 aromatic rings. The number of aromatic nitrogens is 4. The summed E-state index contributed by atoms with van der Waals surface area (Å²) >= 11 is 0. The average molecular weight is 299 g/mol. The Bertz CT molecular complexity index is 753. The summed E-state index contributed by atoms with van der Waals surface area (Å²) in [5.74, 6) is 1.06. The van der Waals surface area contributed by atoms with E-state index in [1.54, 1.807) is 43.0 Å². The van der Waals surface area contributed by atoms with E-state index in [-0.39, 0.29) is 6.61 Å². The summed E-state index contributed by atoms with van der Waals surface area (Å²) in [6, 6.07) is 5.18. The molecule has 2 aromatic heterocycles. The van der Waals surface area contributed by atoms with Gasteiger partial charge in [-0.15, -0.1) is 0 Å². The van der Waals surface area contributed by atoms with Crippen molar-refractivity contribution in [2.45, 2.75) is 6.61 Å². The van der Waals surface area contributed by atoms with Crippen molar-refractivity contribution in [1.82, 2.24) is 20.2 Å². The van der Waals surface area contributed by atoms with Gasteiger partial charge in [0.15, 0.2) is 0 Å². The van der Waals surface area contributed by atoms with Gasteiger partial charge in [-0.25, -0.2) is 9.78 Å². The minimum Gasteiger partial charge on any atom is -0.483 e. The predicted molar refractivity (Wildman–Crippen MR) is 78.6 cm³/mol. The van der Waals surface area contributed by atoms with E-state index < -0.39 is 6.09 Å². The summed E-state index contributed by atoms with van der Waals surface area (Å²) in [6.45, 7) is 0.205. The van der Waals surface area contributed by atoms with Crippen LogP contribution >= 0.6 is 0 Å². The maximum Gasteiger partial charge on any atom is 0.409 e. The quantitative estimate of drug-likeness (QED) is 0.577. The van der Waals surface area contributed by atoms with Gasteiger partial charge in [-0.3, -0.25) is 10.4 Å². The number of nitrogens with zero attached hydrogens (tertiary/aromatic N) is 2. The molecule has 0 atom stereocenters. The Morgan fingerprint density at radius 1 is 1.36 bits per heavy atom. The number of carbonyl (C=O) groups is 1. The first-order chi connectivity index (χ1) is 10.7. The second-order valence-electron chi connectivity index (χ2n) is 4.45. The van der Waals surface area contributed by atoms with Gasteiger partial charge in [0, 0.05) is 24.2 Å². The Morgan fingerprint density at radius 3 is 2.95 bits per heavy atom. The van der Waals surface area contributed by atoms with Crippen molar-refractivity contribution < 1.29 is 14.6 Å². The maximum atomic E-state index is 10.9. The zero-order valence-electron chi connectivity index (χ0n) is 11.4. The molecule has 8 heteroatoms. The SMILES string of the molecule is O=C(O)Nc1ccc(-c2cn[nH]c2)cc1OCc1ncc[nH]1. The molecule has 3 rings (SSSR count). The number of imidazole rings is 1. The highest BCUT2D eigenvalue weighted by Crippen LogP contribution is 2.31. The normalized spacial score (nSPS) is 10.4. The fourth-order valence-corrected chi connectivity index (χ4v) is 1.97. The van der Waals surface area contributed by atoms with Crippen LogP contribution in [0.15, 0.2) is 43.0 Å². The van der Waals surface area contributed by atoms with Gasteiger partial charge >= 0.3 is 6.09 Å². The molecule has 0 spiro atoms. The number of benzene rings is 1. The molecule has 0 bridgehead atoms. The first-order valence-corrected chi connectivity index (χ1v) is 6.46. The van der Waals surface area contributed by atoms with E-state index >= 15 is 0 Å². The minimum atomic E-state index is -1.15. The van der Waals surface area contributed by atoms with Crippen LogP contribution in [0.2, 0.25) is 0 Å².